The highest BCUT2D eigenvalue weighted by Gasteiger charge is 2.04. The van der Waals surface area contributed by atoms with E-state index in [4.69, 9.17) is 28.9 Å². The number of carbonyl (C=O) groups is 2. The van der Waals surface area contributed by atoms with E-state index in [-0.39, 0.29) is 18.7 Å². The molecule has 0 aliphatic heterocycles. The van der Waals surface area contributed by atoms with Crippen molar-refractivity contribution in [2.45, 2.75) is 19.4 Å². The van der Waals surface area contributed by atoms with Crippen LogP contribution in [0.25, 0.3) is 0 Å². The summed E-state index contributed by atoms with van der Waals surface area (Å²) in [5.41, 5.74) is 5.77. The number of carbonyl (C=O) groups excluding carboxylic acids is 2. The average molecular weight is 275 g/mol. The number of amides is 2. The van der Waals surface area contributed by atoms with Gasteiger partial charge >= 0.3 is 0 Å². The van der Waals surface area contributed by atoms with E-state index in [1.54, 1.807) is 18.2 Å². The van der Waals surface area contributed by atoms with Gasteiger partial charge in [0, 0.05) is 19.4 Å². The predicted octanol–water partition coefficient (Wildman–Crippen LogP) is 1.88. The van der Waals surface area contributed by atoms with Crippen molar-refractivity contribution in [2.75, 3.05) is 0 Å². The summed E-state index contributed by atoms with van der Waals surface area (Å²) in [6.45, 7) is 0.342. The van der Waals surface area contributed by atoms with E-state index in [0.29, 0.717) is 16.6 Å². The molecule has 0 bridgehead atoms. The van der Waals surface area contributed by atoms with Gasteiger partial charge in [0.1, 0.15) is 0 Å². The lowest BCUT2D eigenvalue weighted by atomic mass is 10.2. The van der Waals surface area contributed by atoms with Gasteiger partial charge in [-0.25, -0.2) is 0 Å². The summed E-state index contributed by atoms with van der Waals surface area (Å²) in [5.74, 6) is -0.718. The van der Waals surface area contributed by atoms with Crippen LogP contribution in [0.3, 0.4) is 0 Å². The monoisotopic (exact) mass is 274 g/mol. The summed E-state index contributed by atoms with van der Waals surface area (Å²) >= 11 is 11.6. The Morgan fingerprint density at radius 2 is 1.88 bits per heavy atom. The lowest BCUT2D eigenvalue weighted by molar-refractivity contribution is -0.125. The molecule has 3 N–H and O–H groups in total. The molecule has 0 saturated heterocycles. The Morgan fingerprint density at radius 1 is 1.18 bits per heavy atom. The topological polar surface area (TPSA) is 72.2 Å². The molecule has 0 radical (unpaired) electrons. The fourth-order valence-electron chi connectivity index (χ4n) is 1.18. The molecule has 2 amide bonds. The third-order valence-corrected chi connectivity index (χ3v) is 2.81. The first-order chi connectivity index (χ1) is 7.99. The van der Waals surface area contributed by atoms with Crippen LogP contribution < -0.4 is 11.1 Å². The molecule has 0 atom stereocenters. The first-order valence-corrected chi connectivity index (χ1v) is 5.73. The molecule has 0 heterocycles. The van der Waals surface area contributed by atoms with Gasteiger partial charge in [-0.3, -0.25) is 9.59 Å². The molecule has 1 rings (SSSR count). The normalized spacial score (nSPS) is 10.0. The zero-order valence-electron chi connectivity index (χ0n) is 9.00. The summed E-state index contributed by atoms with van der Waals surface area (Å²) < 4.78 is 0. The van der Waals surface area contributed by atoms with Gasteiger partial charge in [-0.05, 0) is 17.7 Å². The minimum Gasteiger partial charge on any atom is -0.370 e. The maximum absolute atomic E-state index is 11.3. The Hall–Kier alpha value is -1.26. The smallest absolute Gasteiger partial charge is 0.220 e. The number of nitrogens with one attached hydrogen (secondary N) is 1. The Kier molecular flexibility index (Phi) is 5.25. The van der Waals surface area contributed by atoms with Gasteiger partial charge in [-0.2, -0.15) is 0 Å². The summed E-state index contributed by atoms with van der Waals surface area (Å²) in [7, 11) is 0. The summed E-state index contributed by atoms with van der Waals surface area (Å²) in [4.78, 5) is 21.8. The van der Waals surface area contributed by atoms with Gasteiger partial charge < -0.3 is 11.1 Å². The van der Waals surface area contributed by atoms with E-state index in [2.05, 4.69) is 5.32 Å². The van der Waals surface area contributed by atoms with Crippen molar-refractivity contribution in [3.8, 4) is 0 Å². The molecule has 0 spiro atoms. The van der Waals surface area contributed by atoms with Crippen LogP contribution in [0.4, 0.5) is 0 Å². The minimum atomic E-state index is -0.491. The summed E-state index contributed by atoms with van der Waals surface area (Å²) in [6, 6.07) is 5.11. The summed E-state index contributed by atoms with van der Waals surface area (Å²) in [5, 5.41) is 3.56. The lowest BCUT2D eigenvalue weighted by Crippen LogP contribution is -2.24. The van der Waals surface area contributed by atoms with E-state index in [9.17, 15) is 9.59 Å². The Morgan fingerprint density at radius 3 is 2.47 bits per heavy atom. The van der Waals surface area contributed by atoms with Gasteiger partial charge in [-0.15, -0.1) is 0 Å². The van der Waals surface area contributed by atoms with E-state index >= 15 is 0 Å². The standard InChI is InChI=1S/C11H12Cl2N2O2/c12-8-2-1-7(5-9(8)13)6-15-11(17)4-3-10(14)16/h1-2,5H,3-4,6H2,(H2,14,16)(H,15,17). The third-order valence-electron chi connectivity index (χ3n) is 2.07. The van der Waals surface area contributed by atoms with Crippen LogP contribution in [0.1, 0.15) is 18.4 Å². The van der Waals surface area contributed by atoms with Gasteiger partial charge in [0.2, 0.25) is 11.8 Å². The molecule has 0 fully saturated rings. The molecule has 0 unspecified atom stereocenters. The molecule has 1 aromatic carbocycles. The van der Waals surface area contributed by atoms with Crippen molar-refractivity contribution in [1.29, 1.82) is 0 Å². The second kappa shape index (κ2) is 6.47. The molecule has 0 aliphatic carbocycles. The van der Waals surface area contributed by atoms with E-state index in [0.717, 1.165) is 5.56 Å². The van der Waals surface area contributed by atoms with Crippen LogP contribution in [0.2, 0.25) is 10.0 Å². The van der Waals surface area contributed by atoms with Crippen LogP contribution >= 0.6 is 23.2 Å². The van der Waals surface area contributed by atoms with Crippen LogP contribution in [0, 0.1) is 0 Å². The highest BCUT2D eigenvalue weighted by Crippen LogP contribution is 2.22. The van der Waals surface area contributed by atoms with Crippen molar-refractivity contribution in [1.82, 2.24) is 5.32 Å². The first-order valence-electron chi connectivity index (χ1n) is 4.98. The van der Waals surface area contributed by atoms with Crippen molar-refractivity contribution in [2.24, 2.45) is 5.73 Å². The van der Waals surface area contributed by atoms with E-state index < -0.39 is 5.91 Å². The van der Waals surface area contributed by atoms with Crippen molar-refractivity contribution in [3.63, 3.8) is 0 Å². The Balaban J connectivity index is 2.42. The number of hydrogen-bond acceptors (Lipinski definition) is 2. The van der Waals surface area contributed by atoms with Crippen molar-refractivity contribution in [3.05, 3.63) is 33.8 Å². The van der Waals surface area contributed by atoms with Crippen molar-refractivity contribution < 1.29 is 9.59 Å². The van der Waals surface area contributed by atoms with E-state index in [1.165, 1.54) is 0 Å². The minimum absolute atomic E-state index is 0.0488. The van der Waals surface area contributed by atoms with Crippen LogP contribution in [0.15, 0.2) is 18.2 Å². The second-order valence-corrected chi connectivity index (χ2v) is 4.31. The number of nitrogens with two attached hydrogens (primary N) is 1. The SMILES string of the molecule is NC(=O)CCC(=O)NCc1ccc(Cl)c(Cl)c1. The zero-order valence-corrected chi connectivity index (χ0v) is 10.5. The largest absolute Gasteiger partial charge is 0.370 e. The molecule has 17 heavy (non-hydrogen) atoms. The van der Waals surface area contributed by atoms with Crippen LogP contribution in [0.5, 0.6) is 0 Å². The number of hydrogen-bond donors (Lipinski definition) is 2. The lowest BCUT2D eigenvalue weighted by Gasteiger charge is -2.05. The van der Waals surface area contributed by atoms with Gasteiger partial charge in [-0.1, -0.05) is 29.3 Å². The maximum atomic E-state index is 11.3. The van der Waals surface area contributed by atoms with Crippen molar-refractivity contribution >= 4 is 35.0 Å². The molecule has 0 aromatic heterocycles. The fraction of sp³-hybridized carbons (Fsp3) is 0.273. The first kappa shape index (κ1) is 13.8. The predicted molar refractivity (Wildman–Crippen MR) is 66.7 cm³/mol. The Labute approximate surface area is 109 Å². The number of halogens is 2. The maximum Gasteiger partial charge on any atom is 0.220 e. The molecule has 0 saturated carbocycles. The van der Waals surface area contributed by atoms with Gasteiger partial charge in [0.05, 0.1) is 10.0 Å². The molecule has 0 aliphatic rings. The highest BCUT2D eigenvalue weighted by atomic mass is 35.5. The zero-order chi connectivity index (χ0) is 12.8. The summed E-state index contributed by atoms with van der Waals surface area (Å²) in [6.07, 6.45) is 0.143. The van der Waals surface area contributed by atoms with E-state index in [1.807, 2.05) is 0 Å². The molecule has 1 aromatic rings. The number of primary amides is 1. The molecule has 92 valence electrons. The number of benzene rings is 1. The quantitative estimate of drug-likeness (QED) is 0.861. The van der Waals surface area contributed by atoms with Crippen LogP contribution in [-0.2, 0) is 16.1 Å². The molecular weight excluding hydrogens is 263 g/mol. The fourth-order valence-corrected chi connectivity index (χ4v) is 1.50. The third kappa shape index (κ3) is 5.06. The second-order valence-electron chi connectivity index (χ2n) is 3.49. The number of rotatable bonds is 5. The average Bonchev–Trinajstić information content (AvgIpc) is 2.28. The molecule has 6 heteroatoms. The molecular formula is C11H12Cl2N2O2. The Bertz CT molecular complexity index is 435. The van der Waals surface area contributed by atoms with Crippen LogP contribution in [-0.4, -0.2) is 11.8 Å². The van der Waals surface area contributed by atoms with Gasteiger partial charge in [0.15, 0.2) is 0 Å². The highest BCUT2D eigenvalue weighted by molar-refractivity contribution is 6.42. The molecule has 4 nitrogen and oxygen atoms in total. The van der Waals surface area contributed by atoms with Gasteiger partial charge in [0.25, 0.3) is 0 Å².